The quantitative estimate of drug-likeness (QED) is 0.558. The highest BCUT2D eigenvalue weighted by Gasteiger charge is 2.22. The maximum absolute atomic E-state index is 12.7. The maximum atomic E-state index is 12.7. The number of carbonyl (C=O) groups is 1. The number of para-hydroxylation sites is 2. The topological polar surface area (TPSA) is 51.9 Å². The van der Waals surface area contributed by atoms with Crippen molar-refractivity contribution in [3.05, 3.63) is 59.7 Å². The largest absolute Gasteiger partial charge is 0.356 e. The Labute approximate surface area is 142 Å². The Balaban J connectivity index is 1.98. The van der Waals surface area contributed by atoms with Crippen LogP contribution in [0.1, 0.15) is 35.7 Å². The molecule has 24 heavy (non-hydrogen) atoms. The SMILES string of the molecule is CCCCn1c(N)[n+](CC(=O)c2ccc(C)cc2)c2ccccc21. The molecule has 0 atom stereocenters. The molecular formula is C20H24N3O+. The Morgan fingerprint density at radius 2 is 1.83 bits per heavy atom. The lowest BCUT2D eigenvalue weighted by Crippen LogP contribution is -2.40. The Hall–Kier alpha value is -2.62. The number of unbranched alkanes of at least 4 members (excludes halogenated alkanes) is 1. The normalized spacial score (nSPS) is 11.1. The van der Waals surface area contributed by atoms with E-state index in [0.717, 1.165) is 41.5 Å². The fourth-order valence-corrected chi connectivity index (χ4v) is 3.00. The summed E-state index contributed by atoms with van der Waals surface area (Å²) in [4.78, 5) is 12.7. The molecule has 124 valence electrons. The number of Topliss-reactive ketones (excluding diaryl/α,β-unsaturated/α-hetero) is 1. The highest BCUT2D eigenvalue weighted by atomic mass is 16.1. The first-order chi connectivity index (χ1) is 11.6. The first-order valence-corrected chi connectivity index (χ1v) is 8.48. The number of imidazole rings is 1. The molecule has 0 bridgehead atoms. The van der Waals surface area contributed by atoms with Gasteiger partial charge in [-0.25, -0.2) is 9.13 Å². The number of hydrogen-bond acceptors (Lipinski definition) is 2. The molecule has 4 nitrogen and oxygen atoms in total. The van der Waals surface area contributed by atoms with Crippen LogP contribution in [0.25, 0.3) is 11.0 Å². The van der Waals surface area contributed by atoms with Crippen LogP contribution in [0, 0.1) is 6.92 Å². The molecule has 3 aromatic rings. The average molecular weight is 322 g/mol. The summed E-state index contributed by atoms with van der Waals surface area (Å²) in [7, 11) is 0. The third-order valence-electron chi connectivity index (χ3n) is 4.43. The lowest BCUT2D eigenvalue weighted by molar-refractivity contribution is -0.642. The highest BCUT2D eigenvalue weighted by Crippen LogP contribution is 2.17. The van der Waals surface area contributed by atoms with Gasteiger partial charge in [-0.05, 0) is 25.5 Å². The van der Waals surface area contributed by atoms with Crippen LogP contribution in [0.3, 0.4) is 0 Å². The molecule has 0 aliphatic rings. The molecule has 0 fully saturated rings. The van der Waals surface area contributed by atoms with E-state index in [0.29, 0.717) is 5.95 Å². The number of carbonyl (C=O) groups excluding carboxylic acids is 1. The van der Waals surface area contributed by atoms with Crippen LogP contribution in [0.2, 0.25) is 0 Å². The summed E-state index contributed by atoms with van der Waals surface area (Å²) in [6.07, 6.45) is 2.17. The number of nitrogen functional groups attached to an aromatic ring is 1. The predicted octanol–water partition coefficient (Wildman–Crippen LogP) is 3.50. The van der Waals surface area contributed by atoms with E-state index in [1.54, 1.807) is 0 Å². The molecule has 0 aliphatic carbocycles. The fourth-order valence-electron chi connectivity index (χ4n) is 3.00. The zero-order valence-electron chi connectivity index (χ0n) is 14.3. The Morgan fingerprint density at radius 1 is 1.12 bits per heavy atom. The van der Waals surface area contributed by atoms with Crippen molar-refractivity contribution < 1.29 is 9.36 Å². The molecule has 4 heteroatoms. The van der Waals surface area contributed by atoms with Crippen molar-refractivity contribution in [2.45, 2.75) is 39.8 Å². The van der Waals surface area contributed by atoms with E-state index in [9.17, 15) is 4.79 Å². The van der Waals surface area contributed by atoms with Gasteiger partial charge in [0.1, 0.15) is 17.6 Å². The van der Waals surface area contributed by atoms with Crippen LogP contribution in [-0.4, -0.2) is 10.4 Å². The van der Waals surface area contributed by atoms with Crippen LogP contribution in [0.4, 0.5) is 5.95 Å². The second-order valence-corrected chi connectivity index (χ2v) is 6.23. The summed E-state index contributed by atoms with van der Waals surface area (Å²) >= 11 is 0. The van der Waals surface area contributed by atoms with Gasteiger partial charge in [0.2, 0.25) is 0 Å². The van der Waals surface area contributed by atoms with E-state index in [2.05, 4.69) is 17.6 Å². The van der Waals surface area contributed by atoms with Gasteiger partial charge in [0.05, 0.1) is 6.54 Å². The van der Waals surface area contributed by atoms with Gasteiger partial charge in [-0.15, -0.1) is 0 Å². The standard InChI is InChI=1S/C20H23N3O/c1-3-4-13-22-17-7-5-6-8-18(17)23(20(22)21)14-19(24)16-11-9-15(2)10-12-16/h5-12,21H,3-4,13-14H2,1-2H3/p+1. The summed E-state index contributed by atoms with van der Waals surface area (Å²) in [5.41, 5.74) is 10.3. The Morgan fingerprint density at radius 3 is 2.54 bits per heavy atom. The zero-order chi connectivity index (χ0) is 17.1. The summed E-state index contributed by atoms with van der Waals surface area (Å²) < 4.78 is 4.04. The fraction of sp³-hybridized carbons (Fsp3) is 0.300. The van der Waals surface area contributed by atoms with Crippen molar-refractivity contribution in [3.8, 4) is 0 Å². The van der Waals surface area contributed by atoms with Gasteiger partial charge in [-0.2, -0.15) is 0 Å². The van der Waals surface area contributed by atoms with Crippen molar-refractivity contribution in [1.82, 2.24) is 4.57 Å². The zero-order valence-corrected chi connectivity index (χ0v) is 14.3. The number of anilines is 1. The molecular weight excluding hydrogens is 298 g/mol. The molecule has 0 amide bonds. The molecule has 0 unspecified atom stereocenters. The lowest BCUT2D eigenvalue weighted by atomic mass is 10.1. The van der Waals surface area contributed by atoms with Crippen LogP contribution >= 0.6 is 0 Å². The lowest BCUT2D eigenvalue weighted by Gasteiger charge is -2.03. The van der Waals surface area contributed by atoms with Crippen molar-refractivity contribution in [3.63, 3.8) is 0 Å². The predicted molar refractivity (Wildman–Crippen MR) is 97.0 cm³/mol. The van der Waals surface area contributed by atoms with Crippen LogP contribution in [0.5, 0.6) is 0 Å². The van der Waals surface area contributed by atoms with Crippen molar-refractivity contribution in [2.75, 3.05) is 5.73 Å². The van der Waals surface area contributed by atoms with Crippen LogP contribution in [-0.2, 0) is 13.1 Å². The van der Waals surface area contributed by atoms with Gasteiger partial charge in [0.15, 0.2) is 5.78 Å². The van der Waals surface area contributed by atoms with E-state index < -0.39 is 0 Å². The second kappa shape index (κ2) is 6.87. The first kappa shape index (κ1) is 16.2. The molecule has 2 N–H and O–H groups in total. The molecule has 0 aliphatic heterocycles. The molecule has 1 aromatic heterocycles. The smallest absolute Gasteiger partial charge is 0.291 e. The molecule has 0 spiro atoms. The highest BCUT2D eigenvalue weighted by molar-refractivity contribution is 5.95. The number of nitrogens with zero attached hydrogens (tertiary/aromatic N) is 2. The summed E-state index contributed by atoms with van der Waals surface area (Å²) in [5, 5.41) is 0. The van der Waals surface area contributed by atoms with Crippen molar-refractivity contribution >= 4 is 22.8 Å². The van der Waals surface area contributed by atoms with Crippen molar-refractivity contribution in [1.29, 1.82) is 0 Å². The van der Waals surface area contributed by atoms with Gasteiger partial charge in [-0.3, -0.25) is 10.5 Å². The first-order valence-electron chi connectivity index (χ1n) is 8.48. The van der Waals surface area contributed by atoms with Crippen molar-refractivity contribution in [2.24, 2.45) is 0 Å². The van der Waals surface area contributed by atoms with E-state index >= 15 is 0 Å². The minimum absolute atomic E-state index is 0.0742. The molecule has 0 radical (unpaired) electrons. The van der Waals surface area contributed by atoms with Gasteiger partial charge >= 0.3 is 5.95 Å². The molecule has 0 saturated heterocycles. The maximum Gasteiger partial charge on any atom is 0.356 e. The van der Waals surface area contributed by atoms with Crippen LogP contribution < -0.4 is 10.3 Å². The summed E-state index contributed by atoms with van der Waals surface area (Å²) in [5.74, 6) is 0.718. The van der Waals surface area contributed by atoms with Gasteiger partial charge in [-0.1, -0.05) is 55.3 Å². The number of nitrogens with two attached hydrogens (primary N) is 1. The minimum Gasteiger partial charge on any atom is -0.291 e. The molecule has 0 saturated carbocycles. The summed E-state index contributed by atoms with van der Waals surface area (Å²) in [6.45, 7) is 5.31. The number of rotatable bonds is 6. The van der Waals surface area contributed by atoms with E-state index in [-0.39, 0.29) is 12.3 Å². The Bertz CT molecular complexity index is 862. The number of aryl methyl sites for hydroxylation is 2. The molecule has 2 aromatic carbocycles. The van der Waals surface area contributed by atoms with Gasteiger partial charge in [0.25, 0.3) is 0 Å². The number of hydrogen-bond donors (Lipinski definition) is 1. The monoisotopic (exact) mass is 322 g/mol. The molecule has 1 heterocycles. The number of aromatic nitrogens is 2. The minimum atomic E-state index is 0.0742. The molecule has 3 rings (SSSR count). The summed E-state index contributed by atoms with van der Waals surface area (Å²) in [6, 6.07) is 15.8. The number of ketones is 1. The van der Waals surface area contributed by atoms with E-state index in [1.165, 1.54) is 0 Å². The van der Waals surface area contributed by atoms with E-state index in [4.69, 9.17) is 5.73 Å². The third-order valence-corrected chi connectivity index (χ3v) is 4.43. The third kappa shape index (κ3) is 3.04. The number of fused-ring (bicyclic) bond motifs is 1. The van der Waals surface area contributed by atoms with E-state index in [1.807, 2.05) is 54.0 Å². The van der Waals surface area contributed by atoms with Gasteiger partial charge in [0, 0.05) is 5.56 Å². The average Bonchev–Trinajstić information content (AvgIpc) is 2.85. The second-order valence-electron chi connectivity index (χ2n) is 6.23. The van der Waals surface area contributed by atoms with Crippen LogP contribution in [0.15, 0.2) is 48.5 Å². The Kier molecular flexibility index (Phi) is 4.65. The van der Waals surface area contributed by atoms with Gasteiger partial charge < -0.3 is 0 Å². The number of benzene rings is 2.